The Hall–Kier alpha value is -1.15. The Balaban J connectivity index is 2.16. The zero-order valence-corrected chi connectivity index (χ0v) is 6.69. The minimum absolute atomic E-state index is 0.00120. The molecule has 1 saturated heterocycles. The highest BCUT2D eigenvalue weighted by atomic mass is 16.5. The van der Waals surface area contributed by atoms with Crippen LogP contribution in [0.15, 0.2) is 30.3 Å². The highest BCUT2D eigenvalue weighted by molar-refractivity contribution is 5.82. The molecule has 0 spiro atoms. The van der Waals surface area contributed by atoms with Gasteiger partial charge < -0.3 is 4.74 Å². The second-order valence-electron chi connectivity index (χ2n) is 2.95. The van der Waals surface area contributed by atoms with Crippen LogP contribution in [0.5, 0.6) is 0 Å². The first-order chi connectivity index (χ1) is 5.86. The summed E-state index contributed by atoms with van der Waals surface area (Å²) >= 11 is 0. The van der Waals surface area contributed by atoms with Crippen molar-refractivity contribution in [3.63, 3.8) is 0 Å². The summed E-state index contributed by atoms with van der Waals surface area (Å²) in [5.41, 5.74) is 1.10. The number of Topliss-reactive ketones (excluding diaryl/α,β-unsaturated/α-hetero) is 1. The Morgan fingerprint density at radius 1 is 1.25 bits per heavy atom. The zero-order valence-electron chi connectivity index (χ0n) is 6.69. The van der Waals surface area contributed by atoms with E-state index in [-0.39, 0.29) is 18.5 Å². The van der Waals surface area contributed by atoms with E-state index in [0.29, 0.717) is 6.42 Å². The van der Waals surface area contributed by atoms with Gasteiger partial charge in [0, 0.05) is 6.42 Å². The Kier molecular flexibility index (Phi) is 1.92. The Bertz CT molecular complexity index is 279. The van der Waals surface area contributed by atoms with E-state index in [1.54, 1.807) is 0 Å². The summed E-state index contributed by atoms with van der Waals surface area (Å²) < 4.78 is 5.30. The third-order valence-corrected chi connectivity index (χ3v) is 2.03. The summed E-state index contributed by atoms with van der Waals surface area (Å²) in [6, 6.07) is 9.86. The molecule has 62 valence electrons. The van der Waals surface area contributed by atoms with Gasteiger partial charge in [-0.15, -0.1) is 0 Å². The topological polar surface area (TPSA) is 26.3 Å². The summed E-state index contributed by atoms with van der Waals surface area (Å²) in [6.45, 7) is 0.277. The van der Waals surface area contributed by atoms with Crippen molar-refractivity contribution in [3.05, 3.63) is 35.9 Å². The van der Waals surface area contributed by atoms with Gasteiger partial charge >= 0.3 is 0 Å². The van der Waals surface area contributed by atoms with Crippen molar-refractivity contribution in [2.75, 3.05) is 6.61 Å². The molecule has 1 aliphatic heterocycles. The molecule has 1 aromatic carbocycles. The van der Waals surface area contributed by atoms with E-state index >= 15 is 0 Å². The van der Waals surface area contributed by atoms with Gasteiger partial charge in [0.05, 0.1) is 6.10 Å². The molecular formula is C10H10O2. The number of carbonyl (C=O) groups excluding carboxylic acids is 1. The van der Waals surface area contributed by atoms with E-state index < -0.39 is 0 Å². The van der Waals surface area contributed by atoms with Crippen molar-refractivity contribution >= 4 is 5.78 Å². The lowest BCUT2D eigenvalue weighted by molar-refractivity contribution is -0.117. The Morgan fingerprint density at radius 3 is 2.58 bits per heavy atom. The molecule has 2 nitrogen and oxygen atoms in total. The van der Waals surface area contributed by atoms with Gasteiger partial charge in [0.25, 0.3) is 0 Å². The van der Waals surface area contributed by atoms with Gasteiger partial charge in [-0.1, -0.05) is 30.3 Å². The van der Waals surface area contributed by atoms with Gasteiger partial charge in [0.2, 0.25) is 0 Å². The summed E-state index contributed by atoms with van der Waals surface area (Å²) in [4.78, 5) is 10.9. The fraction of sp³-hybridized carbons (Fsp3) is 0.300. The number of ketones is 1. The van der Waals surface area contributed by atoms with Crippen LogP contribution in [0.4, 0.5) is 0 Å². The van der Waals surface area contributed by atoms with Gasteiger partial charge in [-0.05, 0) is 5.56 Å². The van der Waals surface area contributed by atoms with Crippen molar-refractivity contribution in [1.29, 1.82) is 0 Å². The molecule has 0 bridgehead atoms. The van der Waals surface area contributed by atoms with Crippen LogP contribution < -0.4 is 0 Å². The minimum atomic E-state index is -0.00120. The average molecular weight is 162 g/mol. The predicted molar refractivity (Wildman–Crippen MR) is 44.8 cm³/mol. The molecule has 2 rings (SSSR count). The molecule has 2 heteroatoms. The van der Waals surface area contributed by atoms with Crippen LogP contribution in [0, 0.1) is 0 Å². The average Bonchev–Trinajstić information content (AvgIpc) is 2.54. The second kappa shape index (κ2) is 3.07. The SMILES string of the molecule is O=C1CO[C@H](c2ccccc2)C1. The van der Waals surface area contributed by atoms with E-state index in [1.165, 1.54) is 0 Å². The maximum Gasteiger partial charge on any atom is 0.161 e. The second-order valence-corrected chi connectivity index (χ2v) is 2.95. The van der Waals surface area contributed by atoms with E-state index in [2.05, 4.69) is 0 Å². The van der Waals surface area contributed by atoms with Crippen LogP contribution in [0.2, 0.25) is 0 Å². The van der Waals surface area contributed by atoms with Crippen LogP contribution in [-0.2, 0) is 9.53 Å². The van der Waals surface area contributed by atoms with E-state index in [0.717, 1.165) is 5.56 Å². The van der Waals surface area contributed by atoms with E-state index in [1.807, 2.05) is 30.3 Å². The highest BCUT2D eigenvalue weighted by Crippen LogP contribution is 2.25. The van der Waals surface area contributed by atoms with Gasteiger partial charge in [-0.3, -0.25) is 4.79 Å². The number of carbonyl (C=O) groups is 1. The van der Waals surface area contributed by atoms with Crippen LogP contribution >= 0.6 is 0 Å². The number of ether oxygens (including phenoxy) is 1. The minimum Gasteiger partial charge on any atom is -0.365 e. The molecule has 0 N–H and O–H groups in total. The molecule has 12 heavy (non-hydrogen) atoms. The van der Waals surface area contributed by atoms with Crippen molar-refractivity contribution in [3.8, 4) is 0 Å². The van der Waals surface area contributed by atoms with Gasteiger partial charge in [0.1, 0.15) is 6.61 Å². The Morgan fingerprint density at radius 2 is 2.00 bits per heavy atom. The molecule has 0 aliphatic carbocycles. The fourth-order valence-electron chi connectivity index (χ4n) is 1.40. The molecule has 0 aromatic heterocycles. The third kappa shape index (κ3) is 1.38. The van der Waals surface area contributed by atoms with Crippen LogP contribution in [-0.4, -0.2) is 12.4 Å². The Labute approximate surface area is 71.2 Å². The first-order valence-corrected chi connectivity index (χ1v) is 4.04. The molecule has 1 fully saturated rings. The largest absolute Gasteiger partial charge is 0.365 e. The number of rotatable bonds is 1. The number of hydrogen-bond acceptors (Lipinski definition) is 2. The maximum absolute atomic E-state index is 10.9. The van der Waals surface area contributed by atoms with Crippen LogP contribution in [0.1, 0.15) is 18.1 Å². The maximum atomic E-state index is 10.9. The van der Waals surface area contributed by atoms with Crippen molar-refractivity contribution < 1.29 is 9.53 Å². The smallest absolute Gasteiger partial charge is 0.161 e. The normalized spacial score (nSPS) is 23.0. The molecule has 1 atom stereocenters. The lowest BCUT2D eigenvalue weighted by Crippen LogP contribution is -1.94. The monoisotopic (exact) mass is 162 g/mol. The van der Waals surface area contributed by atoms with Gasteiger partial charge in [-0.25, -0.2) is 0 Å². The highest BCUT2D eigenvalue weighted by Gasteiger charge is 2.23. The first kappa shape index (κ1) is 7.50. The third-order valence-electron chi connectivity index (χ3n) is 2.03. The predicted octanol–water partition coefficient (Wildman–Crippen LogP) is 1.72. The van der Waals surface area contributed by atoms with Gasteiger partial charge in [0.15, 0.2) is 5.78 Å². The quantitative estimate of drug-likeness (QED) is 0.628. The summed E-state index contributed by atoms with van der Waals surface area (Å²) in [7, 11) is 0. The molecule has 0 radical (unpaired) electrons. The number of hydrogen-bond donors (Lipinski definition) is 0. The first-order valence-electron chi connectivity index (χ1n) is 4.04. The lowest BCUT2D eigenvalue weighted by atomic mass is 10.1. The molecule has 1 aliphatic rings. The number of benzene rings is 1. The summed E-state index contributed by atoms with van der Waals surface area (Å²) in [5, 5.41) is 0. The van der Waals surface area contributed by atoms with Crippen LogP contribution in [0.3, 0.4) is 0 Å². The fourth-order valence-corrected chi connectivity index (χ4v) is 1.40. The van der Waals surface area contributed by atoms with Crippen molar-refractivity contribution in [1.82, 2.24) is 0 Å². The molecule has 0 unspecified atom stereocenters. The van der Waals surface area contributed by atoms with Crippen molar-refractivity contribution in [2.45, 2.75) is 12.5 Å². The standard InChI is InChI=1S/C10H10O2/c11-9-6-10(12-7-9)8-4-2-1-3-5-8/h1-5,10H,6-7H2/t10-/m0/s1. The van der Waals surface area contributed by atoms with Crippen molar-refractivity contribution in [2.24, 2.45) is 0 Å². The molecule has 1 heterocycles. The van der Waals surface area contributed by atoms with Crippen LogP contribution in [0.25, 0.3) is 0 Å². The van der Waals surface area contributed by atoms with Gasteiger partial charge in [-0.2, -0.15) is 0 Å². The van der Waals surface area contributed by atoms with E-state index in [4.69, 9.17) is 4.74 Å². The molecule has 0 amide bonds. The lowest BCUT2D eigenvalue weighted by Gasteiger charge is -2.06. The molecule has 0 saturated carbocycles. The summed E-state index contributed by atoms with van der Waals surface area (Å²) in [6.07, 6.45) is 0.531. The molecule has 1 aromatic rings. The molecular weight excluding hydrogens is 152 g/mol. The van der Waals surface area contributed by atoms with E-state index in [9.17, 15) is 4.79 Å². The zero-order chi connectivity index (χ0) is 8.39. The summed E-state index contributed by atoms with van der Waals surface area (Å²) in [5.74, 6) is 0.198.